The van der Waals surface area contributed by atoms with Gasteiger partial charge in [0.2, 0.25) is 0 Å². The molecule has 140 valence electrons. The molecule has 0 bridgehead atoms. The highest BCUT2D eigenvalue weighted by Gasteiger charge is 2.19. The standard InChI is InChI=1S/C19H20N4O3S/c1-25-11-7-8-16(26-2)12(9-11)14-10-15(23-22-14)18(24)21-19-20-13-5-3-4-6-17(13)27-19/h7-10H,3-6H2,1-2H3,(H,22,23)(H,20,21,24). The number of amides is 1. The molecule has 7 nitrogen and oxygen atoms in total. The molecular weight excluding hydrogens is 364 g/mol. The van der Waals surface area contributed by atoms with Gasteiger partial charge in [-0.2, -0.15) is 5.10 Å². The number of methoxy groups -OCH3 is 2. The highest BCUT2D eigenvalue weighted by Crippen LogP contribution is 2.33. The largest absolute Gasteiger partial charge is 0.497 e. The lowest BCUT2D eigenvalue weighted by molar-refractivity contribution is 0.102. The van der Waals surface area contributed by atoms with Crippen molar-refractivity contribution in [1.29, 1.82) is 0 Å². The van der Waals surface area contributed by atoms with E-state index in [1.54, 1.807) is 31.6 Å². The van der Waals surface area contributed by atoms with E-state index in [0.29, 0.717) is 28.0 Å². The van der Waals surface area contributed by atoms with Crippen LogP contribution in [0.15, 0.2) is 24.3 Å². The fraction of sp³-hybridized carbons (Fsp3) is 0.316. The summed E-state index contributed by atoms with van der Waals surface area (Å²) in [5, 5.41) is 10.6. The minimum absolute atomic E-state index is 0.262. The zero-order valence-electron chi connectivity index (χ0n) is 15.2. The number of carbonyl (C=O) groups excluding carboxylic acids is 1. The van der Waals surface area contributed by atoms with Gasteiger partial charge >= 0.3 is 0 Å². The van der Waals surface area contributed by atoms with Gasteiger partial charge in [0.05, 0.1) is 25.6 Å². The number of H-pyrrole nitrogens is 1. The topological polar surface area (TPSA) is 89.1 Å². The lowest BCUT2D eigenvalue weighted by Crippen LogP contribution is -2.12. The average molecular weight is 384 g/mol. The van der Waals surface area contributed by atoms with Crippen LogP contribution in [0.3, 0.4) is 0 Å². The molecule has 0 spiro atoms. The number of rotatable bonds is 5. The Balaban J connectivity index is 1.55. The lowest BCUT2D eigenvalue weighted by atomic mass is 10.0. The number of fused-ring (bicyclic) bond motifs is 1. The van der Waals surface area contributed by atoms with Crippen LogP contribution in [-0.4, -0.2) is 35.3 Å². The number of nitrogens with one attached hydrogen (secondary N) is 2. The molecule has 0 saturated heterocycles. The third-order valence-corrected chi connectivity index (χ3v) is 5.64. The van der Waals surface area contributed by atoms with Crippen molar-refractivity contribution in [3.8, 4) is 22.8 Å². The van der Waals surface area contributed by atoms with Crippen molar-refractivity contribution in [1.82, 2.24) is 15.2 Å². The number of hydrogen-bond acceptors (Lipinski definition) is 6. The molecule has 0 radical (unpaired) electrons. The van der Waals surface area contributed by atoms with E-state index >= 15 is 0 Å². The van der Waals surface area contributed by atoms with Gasteiger partial charge in [-0.25, -0.2) is 4.98 Å². The van der Waals surface area contributed by atoms with E-state index in [1.807, 2.05) is 18.2 Å². The number of carbonyl (C=O) groups is 1. The number of aromatic amines is 1. The van der Waals surface area contributed by atoms with Gasteiger partial charge in [-0.15, -0.1) is 11.3 Å². The van der Waals surface area contributed by atoms with Crippen LogP contribution in [0.5, 0.6) is 11.5 Å². The highest BCUT2D eigenvalue weighted by atomic mass is 32.1. The van der Waals surface area contributed by atoms with Gasteiger partial charge in [-0.3, -0.25) is 15.2 Å². The minimum Gasteiger partial charge on any atom is -0.497 e. The Kier molecular flexibility index (Phi) is 4.81. The number of thiazole rings is 1. The number of aryl methyl sites for hydroxylation is 2. The molecule has 1 amide bonds. The zero-order chi connectivity index (χ0) is 18.8. The number of anilines is 1. The Hall–Kier alpha value is -2.87. The molecule has 27 heavy (non-hydrogen) atoms. The van der Waals surface area contributed by atoms with Crippen LogP contribution >= 0.6 is 11.3 Å². The van der Waals surface area contributed by atoms with Gasteiger partial charge in [0.25, 0.3) is 5.91 Å². The van der Waals surface area contributed by atoms with Crippen LogP contribution in [0.4, 0.5) is 5.13 Å². The third-order valence-electron chi connectivity index (χ3n) is 4.57. The van der Waals surface area contributed by atoms with Crippen molar-refractivity contribution in [2.24, 2.45) is 0 Å². The molecular formula is C19H20N4O3S. The second-order valence-corrected chi connectivity index (χ2v) is 7.37. The Morgan fingerprint density at radius 3 is 2.81 bits per heavy atom. The number of hydrogen-bond donors (Lipinski definition) is 2. The Morgan fingerprint density at radius 2 is 2.04 bits per heavy atom. The van der Waals surface area contributed by atoms with E-state index in [-0.39, 0.29) is 5.91 Å². The summed E-state index contributed by atoms with van der Waals surface area (Å²) in [6.07, 6.45) is 4.39. The monoisotopic (exact) mass is 384 g/mol. The molecule has 8 heteroatoms. The van der Waals surface area contributed by atoms with Crippen molar-refractivity contribution in [2.45, 2.75) is 25.7 Å². The zero-order valence-corrected chi connectivity index (χ0v) is 16.0. The number of ether oxygens (including phenoxy) is 2. The highest BCUT2D eigenvalue weighted by molar-refractivity contribution is 7.15. The normalized spacial score (nSPS) is 13.1. The first-order valence-corrected chi connectivity index (χ1v) is 9.57. The van der Waals surface area contributed by atoms with Gasteiger partial charge in [-0.05, 0) is 49.9 Å². The smallest absolute Gasteiger partial charge is 0.275 e. The molecule has 1 aromatic carbocycles. The van der Waals surface area contributed by atoms with Crippen LogP contribution in [0.2, 0.25) is 0 Å². The second kappa shape index (κ2) is 7.40. The maximum absolute atomic E-state index is 12.6. The summed E-state index contributed by atoms with van der Waals surface area (Å²) in [4.78, 5) is 18.4. The maximum atomic E-state index is 12.6. The van der Waals surface area contributed by atoms with Crippen LogP contribution in [0.25, 0.3) is 11.3 Å². The molecule has 2 aromatic heterocycles. The van der Waals surface area contributed by atoms with Gasteiger partial charge in [-0.1, -0.05) is 0 Å². The van der Waals surface area contributed by atoms with Gasteiger partial charge in [0.1, 0.15) is 17.2 Å². The summed E-state index contributed by atoms with van der Waals surface area (Å²) < 4.78 is 10.7. The molecule has 0 aliphatic heterocycles. The Labute approximate surface area is 160 Å². The maximum Gasteiger partial charge on any atom is 0.275 e. The molecule has 0 unspecified atom stereocenters. The quantitative estimate of drug-likeness (QED) is 0.700. The fourth-order valence-corrected chi connectivity index (χ4v) is 4.21. The summed E-state index contributed by atoms with van der Waals surface area (Å²) in [7, 11) is 3.19. The van der Waals surface area contributed by atoms with Crippen molar-refractivity contribution in [2.75, 3.05) is 19.5 Å². The van der Waals surface area contributed by atoms with E-state index in [0.717, 1.165) is 30.5 Å². The molecule has 0 saturated carbocycles. The van der Waals surface area contributed by atoms with Crippen LogP contribution < -0.4 is 14.8 Å². The molecule has 3 aromatic rings. The summed E-state index contributed by atoms with van der Waals surface area (Å²) in [6.45, 7) is 0. The molecule has 1 aliphatic rings. The molecule has 1 aliphatic carbocycles. The lowest BCUT2D eigenvalue weighted by Gasteiger charge is -2.08. The van der Waals surface area contributed by atoms with E-state index in [2.05, 4.69) is 20.5 Å². The van der Waals surface area contributed by atoms with Crippen molar-refractivity contribution in [3.63, 3.8) is 0 Å². The molecule has 2 N–H and O–H groups in total. The van der Waals surface area contributed by atoms with Gasteiger partial charge in [0, 0.05) is 10.4 Å². The first kappa shape index (κ1) is 17.5. The van der Waals surface area contributed by atoms with Crippen LogP contribution in [0.1, 0.15) is 33.9 Å². The number of nitrogens with zero attached hydrogens (tertiary/aromatic N) is 2. The van der Waals surface area contributed by atoms with Crippen molar-refractivity contribution < 1.29 is 14.3 Å². The van der Waals surface area contributed by atoms with Crippen LogP contribution in [-0.2, 0) is 12.8 Å². The molecule has 2 heterocycles. The van der Waals surface area contributed by atoms with Crippen LogP contribution in [0, 0.1) is 0 Å². The Morgan fingerprint density at radius 1 is 1.19 bits per heavy atom. The summed E-state index contributed by atoms with van der Waals surface area (Å²) in [5.74, 6) is 1.08. The van der Waals surface area contributed by atoms with Crippen molar-refractivity contribution in [3.05, 3.63) is 40.5 Å². The average Bonchev–Trinajstić information content (AvgIpc) is 3.34. The van der Waals surface area contributed by atoms with E-state index in [4.69, 9.17) is 9.47 Å². The molecule has 4 rings (SSSR count). The van der Waals surface area contributed by atoms with E-state index < -0.39 is 0 Å². The minimum atomic E-state index is -0.262. The predicted octanol–water partition coefficient (Wildman–Crippen LogP) is 3.68. The van der Waals surface area contributed by atoms with E-state index in [1.165, 1.54) is 11.3 Å². The Bertz CT molecular complexity index is 956. The third kappa shape index (κ3) is 3.52. The van der Waals surface area contributed by atoms with Gasteiger partial charge < -0.3 is 9.47 Å². The first-order chi connectivity index (χ1) is 13.2. The second-order valence-electron chi connectivity index (χ2n) is 6.28. The molecule has 0 fully saturated rings. The van der Waals surface area contributed by atoms with Gasteiger partial charge in [0.15, 0.2) is 5.13 Å². The molecule has 0 atom stereocenters. The van der Waals surface area contributed by atoms with E-state index in [9.17, 15) is 4.79 Å². The summed E-state index contributed by atoms with van der Waals surface area (Å²) >= 11 is 1.56. The summed E-state index contributed by atoms with van der Waals surface area (Å²) in [5.41, 5.74) is 2.84. The first-order valence-electron chi connectivity index (χ1n) is 8.75. The predicted molar refractivity (Wildman–Crippen MR) is 104 cm³/mol. The summed E-state index contributed by atoms with van der Waals surface area (Å²) in [6, 6.07) is 7.14. The fourth-order valence-electron chi connectivity index (χ4n) is 3.16. The van der Waals surface area contributed by atoms with Crippen molar-refractivity contribution >= 4 is 22.4 Å². The number of aromatic nitrogens is 3. The SMILES string of the molecule is COc1ccc(OC)c(-c2cc(C(=O)Nc3nc4c(s3)CCCC4)[nH]n2)c1. The number of benzene rings is 1.